The molecule has 0 bridgehead atoms. The van der Waals surface area contributed by atoms with Crippen molar-refractivity contribution in [2.45, 2.75) is 23.7 Å². The maximum atomic E-state index is 12.8. The van der Waals surface area contributed by atoms with E-state index in [4.69, 9.17) is 4.42 Å². The van der Waals surface area contributed by atoms with Crippen molar-refractivity contribution in [3.63, 3.8) is 0 Å². The average Bonchev–Trinajstić information content (AvgIpc) is 3.22. The normalized spacial score (nSPS) is 11.9. The van der Waals surface area contributed by atoms with Gasteiger partial charge >= 0.3 is 6.03 Å². The van der Waals surface area contributed by atoms with Crippen LogP contribution in [0.25, 0.3) is 11.0 Å². The summed E-state index contributed by atoms with van der Waals surface area (Å²) < 4.78 is 5.91. The number of aromatic nitrogens is 1. The fraction of sp³-hybridized carbons (Fsp3) is 0.167. The summed E-state index contributed by atoms with van der Waals surface area (Å²) in [7, 11) is 1.77. The number of anilines is 1. The maximum absolute atomic E-state index is 12.8. The summed E-state index contributed by atoms with van der Waals surface area (Å²) in [5.41, 5.74) is 2.71. The van der Waals surface area contributed by atoms with Gasteiger partial charge in [-0.25, -0.2) is 9.78 Å². The highest BCUT2D eigenvalue weighted by Crippen LogP contribution is 2.27. The van der Waals surface area contributed by atoms with Gasteiger partial charge in [0.1, 0.15) is 11.3 Å². The number of carbonyl (C=O) groups excluding carboxylic acids is 1. The van der Waals surface area contributed by atoms with E-state index in [0.717, 1.165) is 38.8 Å². The van der Waals surface area contributed by atoms with Crippen molar-refractivity contribution in [3.05, 3.63) is 90.3 Å². The van der Waals surface area contributed by atoms with Crippen LogP contribution in [0.2, 0.25) is 0 Å². The summed E-state index contributed by atoms with van der Waals surface area (Å²) in [5.74, 6) is 1.54. The number of nitrogens with zero attached hydrogens (tertiary/aromatic N) is 2. The van der Waals surface area contributed by atoms with Gasteiger partial charge in [0.2, 0.25) is 0 Å². The third kappa shape index (κ3) is 4.66. The minimum atomic E-state index is -0.194. The van der Waals surface area contributed by atoms with Crippen LogP contribution in [0, 0.1) is 0 Å². The number of nitrogens with one attached hydrogen (secondary N) is 1. The molecule has 0 radical (unpaired) electrons. The van der Waals surface area contributed by atoms with E-state index in [0.29, 0.717) is 0 Å². The molecule has 2 aromatic carbocycles. The third-order valence-electron chi connectivity index (χ3n) is 4.96. The molecule has 6 heteroatoms. The van der Waals surface area contributed by atoms with Crippen LogP contribution >= 0.6 is 11.8 Å². The first-order chi connectivity index (χ1) is 14.6. The van der Waals surface area contributed by atoms with Crippen molar-refractivity contribution in [3.8, 4) is 0 Å². The zero-order valence-corrected chi connectivity index (χ0v) is 17.7. The Kier molecular flexibility index (Phi) is 6.05. The highest BCUT2D eigenvalue weighted by molar-refractivity contribution is 7.98. The molecule has 5 nitrogen and oxygen atoms in total. The predicted octanol–water partition coefficient (Wildman–Crippen LogP) is 6.35. The number of thioether (sulfide) groups is 1. The van der Waals surface area contributed by atoms with Crippen LogP contribution in [-0.2, 0) is 5.75 Å². The number of rotatable bonds is 6. The lowest BCUT2D eigenvalue weighted by atomic mass is 10.2. The molecule has 4 rings (SSSR count). The second kappa shape index (κ2) is 9.05. The quantitative estimate of drug-likeness (QED) is 0.372. The van der Waals surface area contributed by atoms with Crippen molar-refractivity contribution in [1.29, 1.82) is 0 Å². The SMILES string of the molecule is CC(c1cc2ccccc2o1)N(C)C(=O)Nc1cccc(CSc2ccccn2)c1. The molecule has 152 valence electrons. The molecule has 2 amide bonds. The lowest BCUT2D eigenvalue weighted by molar-refractivity contribution is 0.201. The molecule has 0 spiro atoms. The molecule has 0 fully saturated rings. The number of amides is 2. The number of benzene rings is 2. The molecule has 0 aliphatic rings. The highest BCUT2D eigenvalue weighted by atomic mass is 32.2. The van der Waals surface area contributed by atoms with Crippen LogP contribution in [0.1, 0.15) is 24.3 Å². The molecule has 2 aromatic heterocycles. The molecule has 0 aliphatic heterocycles. The zero-order chi connectivity index (χ0) is 20.9. The van der Waals surface area contributed by atoms with Crippen molar-refractivity contribution in [1.82, 2.24) is 9.88 Å². The van der Waals surface area contributed by atoms with Crippen LogP contribution in [-0.4, -0.2) is 23.0 Å². The molecule has 0 aliphatic carbocycles. The first-order valence-corrected chi connectivity index (χ1v) is 10.7. The molecule has 2 heterocycles. The van der Waals surface area contributed by atoms with E-state index in [2.05, 4.69) is 10.3 Å². The Morgan fingerprint density at radius 1 is 1.10 bits per heavy atom. The topological polar surface area (TPSA) is 58.4 Å². The number of hydrogen-bond donors (Lipinski definition) is 1. The molecule has 0 saturated heterocycles. The predicted molar refractivity (Wildman–Crippen MR) is 122 cm³/mol. The molecule has 1 unspecified atom stereocenters. The lowest BCUT2D eigenvalue weighted by Gasteiger charge is -2.23. The number of urea groups is 1. The first-order valence-electron chi connectivity index (χ1n) is 9.75. The Bertz CT molecular complexity index is 1110. The number of para-hydroxylation sites is 1. The standard InChI is InChI=1S/C24H23N3O2S/c1-17(22-15-19-9-3-4-11-21(19)29-22)27(2)24(28)26-20-10-7-8-18(14-20)16-30-23-12-5-6-13-25-23/h3-15,17H,16H2,1-2H3,(H,26,28). The monoisotopic (exact) mass is 417 g/mol. The molecular formula is C24H23N3O2S. The number of fused-ring (bicyclic) bond motifs is 1. The van der Waals surface area contributed by atoms with Gasteiger partial charge in [-0.05, 0) is 48.9 Å². The van der Waals surface area contributed by atoms with Crippen LogP contribution < -0.4 is 5.32 Å². The Morgan fingerprint density at radius 2 is 1.93 bits per heavy atom. The maximum Gasteiger partial charge on any atom is 0.322 e. The Morgan fingerprint density at radius 3 is 2.73 bits per heavy atom. The Hall–Kier alpha value is -3.25. The van der Waals surface area contributed by atoms with Crippen molar-refractivity contribution in [2.24, 2.45) is 0 Å². The third-order valence-corrected chi connectivity index (χ3v) is 5.98. The minimum Gasteiger partial charge on any atom is -0.459 e. The fourth-order valence-corrected chi connectivity index (χ4v) is 3.92. The smallest absolute Gasteiger partial charge is 0.322 e. The van der Waals surface area contributed by atoms with Gasteiger partial charge < -0.3 is 14.6 Å². The van der Waals surface area contributed by atoms with Crippen LogP contribution in [0.4, 0.5) is 10.5 Å². The summed E-state index contributed by atoms with van der Waals surface area (Å²) in [5, 5.41) is 5.00. The minimum absolute atomic E-state index is 0.183. The van der Waals surface area contributed by atoms with Gasteiger partial charge in [-0.1, -0.05) is 36.4 Å². The summed E-state index contributed by atoms with van der Waals surface area (Å²) in [6.45, 7) is 1.96. The van der Waals surface area contributed by atoms with Gasteiger partial charge in [0.15, 0.2) is 0 Å². The molecule has 4 aromatic rings. The number of furan rings is 1. The highest BCUT2D eigenvalue weighted by Gasteiger charge is 2.21. The molecule has 1 atom stereocenters. The van der Waals surface area contributed by atoms with E-state index < -0.39 is 0 Å². The number of hydrogen-bond acceptors (Lipinski definition) is 4. The summed E-state index contributed by atoms with van der Waals surface area (Å²) >= 11 is 1.66. The first kappa shape index (κ1) is 20.0. The molecule has 0 saturated carbocycles. The Balaban J connectivity index is 1.40. The van der Waals surface area contributed by atoms with E-state index in [9.17, 15) is 4.79 Å². The van der Waals surface area contributed by atoms with E-state index in [-0.39, 0.29) is 12.1 Å². The van der Waals surface area contributed by atoms with Crippen LogP contribution in [0.3, 0.4) is 0 Å². The van der Waals surface area contributed by atoms with E-state index in [1.165, 1.54) is 0 Å². The van der Waals surface area contributed by atoms with Crippen LogP contribution in [0.15, 0.2) is 88.4 Å². The summed E-state index contributed by atoms with van der Waals surface area (Å²) in [6.07, 6.45) is 1.79. The van der Waals surface area contributed by atoms with Gasteiger partial charge in [0.25, 0.3) is 0 Å². The van der Waals surface area contributed by atoms with Gasteiger partial charge in [0.05, 0.1) is 11.1 Å². The van der Waals surface area contributed by atoms with Crippen molar-refractivity contribution < 1.29 is 9.21 Å². The second-order valence-electron chi connectivity index (χ2n) is 7.06. The zero-order valence-electron chi connectivity index (χ0n) is 16.9. The summed E-state index contributed by atoms with van der Waals surface area (Å²) in [4.78, 5) is 18.8. The van der Waals surface area contributed by atoms with Crippen molar-refractivity contribution in [2.75, 3.05) is 12.4 Å². The van der Waals surface area contributed by atoms with E-state index >= 15 is 0 Å². The largest absolute Gasteiger partial charge is 0.459 e. The summed E-state index contributed by atoms with van der Waals surface area (Å²) in [6, 6.07) is 23.2. The second-order valence-corrected chi connectivity index (χ2v) is 8.06. The fourth-order valence-electron chi connectivity index (χ4n) is 3.12. The average molecular weight is 418 g/mol. The van der Waals surface area contributed by atoms with Gasteiger partial charge in [-0.3, -0.25) is 0 Å². The van der Waals surface area contributed by atoms with E-state index in [1.807, 2.05) is 79.7 Å². The van der Waals surface area contributed by atoms with Gasteiger partial charge in [-0.15, -0.1) is 11.8 Å². The Labute approximate surface area is 180 Å². The molecule has 1 N–H and O–H groups in total. The van der Waals surface area contributed by atoms with Gasteiger partial charge in [0, 0.05) is 30.1 Å². The van der Waals surface area contributed by atoms with Gasteiger partial charge in [-0.2, -0.15) is 0 Å². The molecular weight excluding hydrogens is 394 g/mol. The number of carbonyl (C=O) groups is 1. The van der Waals surface area contributed by atoms with E-state index in [1.54, 1.807) is 29.9 Å². The molecule has 30 heavy (non-hydrogen) atoms. The number of pyridine rings is 1. The van der Waals surface area contributed by atoms with Crippen LogP contribution in [0.5, 0.6) is 0 Å². The van der Waals surface area contributed by atoms with Crippen molar-refractivity contribution >= 4 is 34.4 Å². The lowest BCUT2D eigenvalue weighted by Crippen LogP contribution is -2.33.